The summed E-state index contributed by atoms with van der Waals surface area (Å²) in [6.45, 7) is 1.38. The number of carboxylic acid groups (broad SMARTS) is 1. The Kier molecular flexibility index (Phi) is 4.32. The van der Waals surface area contributed by atoms with E-state index in [1.807, 2.05) is 0 Å². The van der Waals surface area contributed by atoms with Gasteiger partial charge in [-0.25, -0.2) is 0 Å². The highest BCUT2D eigenvalue weighted by atomic mass is 79.9. The third kappa shape index (κ3) is 2.96. The molecule has 1 aromatic rings. The summed E-state index contributed by atoms with van der Waals surface area (Å²) >= 11 is 9.08. The topological polar surface area (TPSA) is 66.4 Å². The zero-order valence-corrected chi connectivity index (χ0v) is 10.7. The zero-order chi connectivity index (χ0) is 12.3. The van der Waals surface area contributed by atoms with Crippen LogP contribution in [0.1, 0.15) is 17.3 Å². The van der Waals surface area contributed by atoms with Gasteiger partial charge in [0.2, 0.25) is 0 Å². The fraction of sp³-hybridized carbons (Fsp3) is 0.200. The van der Waals surface area contributed by atoms with Gasteiger partial charge in [0, 0.05) is 4.47 Å². The molecule has 86 valence electrons. The smallest absolute Gasteiger partial charge is 0.325 e. The van der Waals surface area contributed by atoms with Gasteiger partial charge in [0.1, 0.15) is 6.04 Å². The maximum atomic E-state index is 11.7. The van der Waals surface area contributed by atoms with E-state index in [0.29, 0.717) is 4.47 Å². The lowest BCUT2D eigenvalue weighted by molar-refractivity contribution is -0.138. The molecule has 0 saturated carbocycles. The number of nitrogens with one attached hydrogen (secondary N) is 1. The van der Waals surface area contributed by atoms with Crippen LogP contribution in [0.3, 0.4) is 0 Å². The number of halogens is 2. The molecule has 0 fully saturated rings. The van der Waals surface area contributed by atoms with E-state index < -0.39 is 17.9 Å². The molecule has 0 saturated heterocycles. The van der Waals surface area contributed by atoms with Crippen molar-refractivity contribution in [1.29, 1.82) is 0 Å². The van der Waals surface area contributed by atoms with Crippen LogP contribution < -0.4 is 5.32 Å². The minimum atomic E-state index is -1.10. The van der Waals surface area contributed by atoms with Crippen molar-refractivity contribution in [2.75, 3.05) is 0 Å². The zero-order valence-electron chi connectivity index (χ0n) is 8.33. The Bertz CT molecular complexity index is 436. The molecule has 0 bridgehead atoms. The van der Waals surface area contributed by atoms with E-state index in [1.165, 1.54) is 13.0 Å². The SMILES string of the molecule is C[C@H](NC(=O)c1cccc(Br)c1Cl)C(=O)O. The number of carbonyl (C=O) groups is 2. The highest BCUT2D eigenvalue weighted by Crippen LogP contribution is 2.25. The minimum absolute atomic E-state index is 0.240. The second kappa shape index (κ2) is 5.32. The first-order valence-corrected chi connectivity index (χ1v) is 5.58. The molecule has 0 unspecified atom stereocenters. The third-order valence-electron chi connectivity index (χ3n) is 1.91. The lowest BCUT2D eigenvalue weighted by Gasteiger charge is -2.10. The molecule has 16 heavy (non-hydrogen) atoms. The largest absolute Gasteiger partial charge is 0.480 e. The van der Waals surface area contributed by atoms with Gasteiger partial charge in [-0.15, -0.1) is 0 Å². The number of carbonyl (C=O) groups excluding carboxylic acids is 1. The second-order valence-electron chi connectivity index (χ2n) is 3.13. The highest BCUT2D eigenvalue weighted by molar-refractivity contribution is 9.10. The lowest BCUT2D eigenvalue weighted by Crippen LogP contribution is -2.38. The Morgan fingerprint density at radius 1 is 1.50 bits per heavy atom. The van der Waals surface area contributed by atoms with Gasteiger partial charge in [-0.3, -0.25) is 9.59 Å². The molecule has 2 N–H and O–H groups in total. The molecule has 1 aromatic carbocycles. The molecular formula is C10H9BrClNO3. The number of carboxylic acids is 1. The van der Waals surface area contributed by atoms with Crippen LogP contribution in [0.4, 0.5) is 0 Å². The van der Waals surface area contributed by atoms with Crippen LogP contribution in [0.2, 0.25) is 5.02 Å². The Morgan fingerprint density at radius 2 is 2.12 bits per heavy atom. The average molecular weight is 307 g/mol. The normalized spacial score (nSPS) is 11.9. The summed E-state index contributed by atoms with van der Waals surface area (Å²) < 4.78 is 0.588. The lowest BCUT2D eigenvalue weighted by atomic mass is 10.2. The summed E-state index contributed by atoms with van der Waals surface area (Å²) in [7, 11) is 0. The molecule has 4 nitrogen and oxygen atoms in total. The number of amides is 1. The van der Waals surface area contributed by atoms with Crippen molar-refractivity contribution in [3.05, 3.63) is 33.3 Å². The molecule has 0 radical (unpaired) electrons. The highest BCUT2D eigenvalue weighted by Gasteiger charge is 2.17. The van der Waals surface area contributed by atoms with Gasteiger partial charge < -0.3 is 10.4 Å². The fourth-order valence-electron chi connectivity index (χ4n) is 1.02. The quantitative estimate of drug-likeness (QED) is 0.900. The Hall–Kier alpha value is -1.07. The second-order valence-corrected chi connectivity index (χ2v) is 4.37. The molecule has 0 aliphatic carbocycles. The Balaban J connectivity index is 2.89. The van der Waals surface area contributed by atoms with Crippen molar-refractivity contribution < 1.29 is 14.7 Å². The molecule has 0 heterocycles. The van der Waals surface area contributed by atoms with Crippen molar-refractivity contribution in [1.82, 2.24) is 5.32 Å². The maximum Gasteiger partial charge on any atom is 0.325 e. The summed E-state index contributed by atoms with van der Waals surface area (Å²) in [5.41, 5.74) is 0.240. The summed E-state index contributed by atoms with van der Waals surface area (Å²) in [5, 5.41) is 11.2. The van der Waals surface area contributed by atoms with Gasteiger partial charge in [-0.1, -0.05) is 17.7 Å². The maximum absolute atomic E-state index is 11.7. The number of rotatable bonds is 3. The van der Waals surface area contributed by atoms with Crippen molar-refractivity contribution in [2.24, 2.45) is 0 Å². The van der Waals surface area contributed by atoms with Crippen LogP contribution >= 0.6 is 27.5 Å². The molecule has 1 rings (SSSR count). The average Bonchev–Trinajstić information content (AvgIpc) is 2.21. The molecule has 6 heteroatoms. The van der Waals surface area contributed by atoms with Gasteiger partial charge >= 0.3 is 5.97 Å². The van der Waals surface area contributed by atoms with Gasteiger partial charge in [0.25, 0.3) is 5.91 Å². The molecule has 1 atom stereocenters. The third-order valence-corrected chi connectivity index (χ3v) is 3.21. The van der Waals surface area contributed by atoms with Crippen LogP contribution in [-0.2, 0) is 4.79 Å². The monoisotopic (exact) mass is 305 g/mol. The number of benzene rings is 1. The van der Waals surface area contributed by atoms with Crippen LogP contribution in [-0.4, -0.2) is 23.0 Å². The van der Waals surface area contributed by atoms with Crippen LogP contribution in [0.25, 0.3) is 0 Å². The first-order valence-electron chi connectivity index (χ1n) is 4.41. The standard InChI is InChI=1S/C10H9BrClNO3/c1-5(10(15)16)13-9(14)6-3-2-4-7(11)8(6)12/h2-5H,1H3,(H,13,14)(H,15,16)/t5-/m0/s1. The van der Waals surface area contributed by atoms with Crippen LogP contribution in [0, 0.1) is 0 Å². The Labute approximate surface area is 106 Å². The van der Waals surface area contributed by atoms with Crippen molar-refractivity contribution in [2.45, 2.75) is 13.0 Å². The predicted molar refractivity (Wildman–Crippen MR) is 63.7 cm³/mol. The summed E-state index contributed by atoms with van der Waals surface area (Å²) in [5.74, 6) is -1.61. The summed E-state index contributed by atoms with van der Waals surface area (Å²) in [4.78, 5) is 22.2. The van der Waals surface area contributed by atoms with Crippen LogP contribution in [0.15, 0.2) is 22.7 Å². The molecule has 0 aromatic heterocycles. The fourth-order valence-corrected chi connectivity index (χ4v) is 1.59. The van der Waals surface area contributed by atoms with E-state index in [1.54, 1.807) is 12.1 Å². The number of aliphatic carboxylic acids is 1. The first-order chi connectivity index (χ1) is 7.43. The van der Waals surface area contributed by atoms with E-state index >= 15 is 0 Å². The number of hydrogen-bond acceptors (Lipinski definition) is 2. The molecule has 0 aliphatic rings. The molecule has 0 aliphatic heterocycles. The van der Waals surface area contributed by atoms with E-state index in [4.69, 9.17) is 16.7 Å². The Morgan fingerprint density at radius 3 is 2.69 bits per heavy atom. The summed E-state index contributed by atoms with van der Waals surface area (Å²) in [6, 6.07) is 3.91. The number of hydrogen-bond donors (Lipinski definition) is 2. The van der Waals surface area contributed by atoms with E-state index in [0.717, 1.165) is 0 Å². The van der Waals surface area contributed by atoms with E-state index in [9.17, 15) is 9.59 Å². The van der Waals surface area contributed by atoms with Crippen molar-refractivity contribution >= 4 is 39.4 Å². The van der Waals surface area contributed by atoms with Crippen LogP contribution in [0.5, 0.6) is 0 Å². The van der Waals surface area contributed by atoms with Gasteiger partial charge in [0.05, 0.1) is 10.6 Å². The molecular weight excluding hydrogens is 297 g/mol. The van der Waals surface area contributed by atoms with E-state index in [-0.39, 0.29) is 10.6 Å². The van der Waals surface area contributed by atoms with Gasteiger partial charge in [-0.2, -0.15) is 0 Å². The van der Waals surface area contributed by atoms with Gasteiger partial charge in [0.15, 0.2) is 0 Å². The van der Waals surface area contributed by atoms with E-state index in [2.05, 4.69) is 21.2 Å². The molecule has 0 spiro atoms. The summed E-state index contributed by atoms with van der Waals surface area (Å²) in [6.07, 6.45) is 0. The minimum Gasteiger partial charge on any atom is -0.480 e. The van der Waals surface area contributed by atoms with Crippen molar-refractivity contribution in [3.8, 4) is 0 Å². The predicted octanol–water partition coefficient (Wildman–Crippen LogP) is 2.31. The molecule has 1 amide bonds. The van der Waals surface area contributed by atoms with Crippen molar-refractivity contribution in [3.63, 3.8) is 0 Å². The first kappa shape index (κ1) is 13.0. The van der Waals surface area contributed by atoms with Gasteiger partial charge in [-0.05, 0) is 35.0 Å².